The van der Waals surface area contributed by atoms with Crippen LogP contribution in [0, 0.1) is 11.2 Å². The smallest absolute Gasteiger partial charge is 0.142 e. The number of benzene rings is 1. The van der Waals surface area contributed by atoms with Gasteiger partial charge in [-0.2, -0.15) is 0 Å². The van der Waals surface area contributed by atoms with Gasteiger partial charge in [0.1, 0.15) is 5.82 Å². The van der Waals surface area contributed by atoms with Crippen LogP contribution < -0.4 is 5.32 Å². The summed E-state index contributed by atoms with van der Waals surface area (Å²) < 4.78 is 14.6. The Balaban J connectivity index is 2.69. The van der Waals surface area contributed by atoms with Gasteiger partial charge in [-0.1, -0.05) is 39.3 Å². The van der Waals surface area contributed by atoms with Crippen molar-refractivity contribution < 1.29 is 4.39 Å². The zero-order chi connectivity index (χ0) is 13.8. The van der Waals surface area contributed by atoms with E-state index in [1.807, 2.05) is 19.2 Å². The van der Waals surface area contributed by atoms with Gasteiger partial charge in [-0.25, -0.2) is 4.39 Å². The van der Waals surface area contributed by atoms with Crippen LogP contribution in [0.2, 0.25) is 0 Å². The summed E-state index contributed by atoms with van der Waals surface area (Å²) in [4.78, 5) is 0. The van der Waals surface area contributed by atoms with Crippen molar-refractivity contribution in [1.82, 2.24) is 5.32 Å². The molecule has 0 fully saturated rings. The first kappa shape index (κ1) is 15.6. The Morgan fingerprint density at radius 3 is 2.56 bits per heavy atom. The van der Waals surface area contributed by atoms with Crippen LogP contribution in [0.25, 0.3) is 0 Å². The van der Waals surface area contributed by atoms with E-state index in [9.17, 15) is 4.39 Å². The lowest BCUT2D eigenvalue weighted by Crippen LogP contribution is -2.18. The summed E-state index contributed by atoms with van der Waals surface area (Å²) >= 11 is 3.24. The molecule has 0 saturated heterocycles. The summed E-state index contributed by atoms with van der Waals surface area (Å²) in [6, 6.07) is 5.57. The number of halogens is 2. The van der Waals surface area contributed by atoms with Crippen molar-refractivity contribution in [2.45, 2.75) is 46.1 Å². The van der Waals surface area contributed by atoms with Crippen LogP contribution in [-0.4, -0.2) is 7.05 Å². The third-order valence-electron chi connectivity index (χ3n) is 3.12. The molecular weight excluding hydrogens is 293 g/mol. The highest BCUT2D eigenvalue weighted by atomic mass is 79.9. The Hall–Kier alpha value is -0.410. The molecule has 1 aromatic rings. The molecule has 0 aliphatic heterocycles. The van der Waals surface area contributed by atoms with E-state index in [1.165, 1.54) is 0 Å². The topological polar surface area (TPSA) is 12.0 Å². The van der Waals surface area contributed by atoms with Gasteiger partial charge in [0.15, 0.2) is 0 Å². The maximum Gasteiger partial charge on any atom is 0.142 e. The summed E-state index contributed by atoms with van der Waals surface area (Å²) in [6.07, 6.45) is 3.21. The molecule has 18 heavy (non-hydrogen) atoms. The van der Waals surface area contributed by atoms with Gasteiger partial charge in [0, 0.05) is 11.6 Å². The van der Waals surface area contributed by atoms with Gasteiger partial charge in [0.05, 0.1) is 4.47 Å². The largest absolute Gasteiger partial charge is 0.313 e. The standard InChI is InChI=1S/C15H23BrFN/c1-15(2,3)10-6-9-13(18-4)11-7-5-8-12(16)14(11)17/h5,7-8,13,18H,6,9-10H2,1-4H3. The molecule has 0 amide bonds. The molecule has 1 unspecified atom stereocenters. The molecule has 0 spiro atoms. The third kappa shape index (κ3) is 4.69. The summed E-state index contributed by atoms with van der Waals surface area (Å²) in [7, 11) is 1.89. The molecule has 0 aliphatic carbocycles. The van der Waals surface area contributed by atoms with Gasteiger partial charge >= 0.3 is 0 Å². The van der Waals surface area contributed by atoms with E-state index >= 15 is 0 Å². The van der Waals surface area contributed by atoms with Gasteiger partial charge in [-0.3, -0.25) is 0 Å². The maximum absolute atomic E-state index is 14.0. The van der Waals surface area contributed by atoms with E-state index in [0.29, 0.717) is 9.89 Å². The normalized spacial score (nSPS) is 13.7. The highest BCUT2D eigenvalue weighted by Gasteiger charge is 2.17. The highest BCUT2D eigenvalue weighted by molar-refractivity contribution is 9.10. The van der Waals surface area contributed by atoms with Crippen LogP contribution in [0.1, 0.15) is 51.6 Å². The molecule has 0 bridgehead atoms. The Kier molecular flexibility index (Phi) is 5.80. The summed E-state index contributed by atoms with van der Waals surface area (Å²) in [5.41, 5.74) is 1.09. The molecule has 0 aliphatic rings. The zero-order valence-corrected chi connectivity index (χ0v) is 13.3. The molecule has 102 valence electrons. The van der Waals surface area contributed by atoms with Crippen molar-refractivity contribution in [3.8, 4) is 0 Å². The van der Waals surface area contributed by atoms with E-state index in [0.717, 1.165) is 24.8 Å². The SMILES string of the molecule is CNC(CCCC(C)(C)C)c1cccc(Br)c1F. The van der Waals surface area contributed by atoms with Crippen molar-refractivity contribution >= 4 is 15.9 Å². The number of hydrogen-bond donors (Lipinski definition) is 1. The van der Waals surface area contributed by atoms with E-state index in [4.69, 9.17) is 0 Å². The van der Waals surface area contributed by atoms with E-state index < -0.39 is 0 Å². The lowest BCUT2D eigenvalue weighted by atomic mass is 9.88. The molecule has 1 N–H and O–H groups in total. The molecule has 1 atom stereocenters. The Bertz CT molecular complexity index is 385. The molecule has 0 heterocycles. The first-order chi connectivity index (χ1) is 8.35. The van der Waals surface area contributed by atoms with Gasteiger partial charge in [-0.15, -0.1) is 0 Å². The minimum atomic E-state index is -0.146. The highest BCUT2D eigenvalue weighted by Crippen LogP contribution is 2.29. The Labute approximate surface area is 118 Å². The lowest BCUT2D eigenvalue weighted by molar-refractivity contribution is 0.345. The third-order valence-corrected chi connectivity index (χ3v) is 3.74. The molecule has 0 aromatic heterocycles. The van der Waals surface area contributed by atoms with E-state index in [2.05, 4.69) is 42.0 Å². The van der Waals surface area contributed by atoms with Gasteiger partial charge < -0.3 is 5.32 Å². The fourth-order valence-electron chi connectivity index (χ4n) is 2.08. The van der Waals surface area contributed by atoms with Crippen LogP contribution in [0.3, 0.4) is 0 Å². The number of nitrogens with one attached hydrogen (secondary N) is 1. The van der Waals surface area contributed by atoms with Crippen LogP contribution in [-0.2, 0) is 0 Å². The predicted molar refractivity (Wildman–Crippen MR) is 79.2 cm³/mol. The first-order valence-corrected chi connectivity index (χ1v) is 7.25. The molecule has 1 aromatic carbocycles. The van der Waals surface area contributed by atoms with Crippen LogP contribution >= 0.6 is 15.9 Å². The number of hydrogen-bond acceptors (Lipinski definition) is 1. The molecule has 3 heteroatoms. The zero-order valence-electron chi connectivity index (χ0n) is 11.7. The number of rotatable bonds is 5. The average molecular weight is 316 g/mol. The van der Waals surface area contributed by atoms with Crippen LogP contribution in [0.15, 0.2) is 22.7 Å². The molecule has 1 rings (SSSR count). The molecule has 0 saturated carbocycles. The fraction of sp³-hybridized carbons (Fsp3) is 0.600. The van der Waals surface area contributed by atoms with Gasteiger partial charge in [-0.05, 0) is 47.3 Å². The van der Waals surface area contributed by atoms with Crippen molar-refractivity contribution in [2.24, 2.45) is 5.41 Å². The lowest BCUT2D eigenvalue weighted by Gasteiger charge is -2.22. The van der Waals surface area contributed by atoms with Crippen LogP contribution in [0.5, 0.6) is 0 Å². The van der Waals surface area contributed by atoms with Crippen LogP contribution in [0.4, 0.5) is 4.39 Å². The summed E-state index contributed by atoms with van der Waals surface area (Å²) in [5, 5.41) is 3.21. The van der Waals surface area contributed by atoms with Crippen molar-refractivity contribution in [1.29, 1.82) is 0 Å². The van der Waals surface area contributed by atoms with Crippen molar-refractivity contribution in [3.63, 3.8) is 0 Å². The summed E-state index contributed by atoms with van der Waals surface area (Å²) in [6.45, 7) is 6.71. The molecule has 1 nitrogen and oxygen atoms in total. The summed E-state index contributed by atoms with van der Waals surface area (Å²) in [5.74, 6) is -0.146. The van der Waals surface area contributed by atoms with E-state index in [1.54, 1.807) is 6.07 Å². The van der Waals surface area contributed by atoms with Gasteiger partial charge in [0.2, 0.25) is 0 Å². The van der Waals surface area contributed by atoms with Crippen molar-refractivity contribution in [2.75, 3.05) is 7.05 Å². The monoisotopic (exact) mass is 315 g/mol. The second kappa shape index (κ2) is 6.67. The van der Waals surface area contributed by atoms with E-state index in [-0.39, 0.29) is 11.9 Å². The minimum Gasteiger partial charge on any atom is -0.313 e. The quantitative estimate of drug-likeness (QED) is 0.800. The minimum absolute atomic E-state index is 0.0878. The maximum atomic E-state index is 14.0. The molecule has 0 radical (unpaired) electrons. The second-order valence-corrected chi connectivity index (χ2v) is 6.79. The average Bonchev–Trinajstić information content (AvgIpc) is 2.27. The second-order valence-electron chi connectivity index (χ2n) is 5.94. The first-order valence-electron chi connectivity index (χ1n) is 6.46. The molecular formula is C15H23BrFN. The Morgan fingerprint density at radius 2 is 2.00 bits per heavy atom. The fourth-order valence-corrected chi connectivity index (χ4v) is 2.46. The Morgan fingerprint density at radius 1 is 1.33 bits per heavy atom. The predicted octanol–water partition coefficient (Wildman–Crippen LogP) is 5.07. The van der Waals surface area contributed by atoms with Gasteiger partial charge in [0.25, 0.3) is 0 Å². The van der Waals surface area contributed by atoms with Crippen molar-refractivity contribution in [3.05, 3.63) is 34.1 Å².